The van der Waals surface area contributed by atoms with E-state index in [1.807, 2.05) is 24.1 Å². The minimum absolute atomic E-state index is 0.154. The molecule has 0 aliphatic rings. The van der Waals surface area contributed by atoms with Crippen molar-refractivity contribution in [2.24, 2.45) is 11.7 Å². The van der Waals surface area contributed by atoms with E-state index >= 15 is 0 Å². The van der Waals surface area contributed by atoms with Crippen LogP contribution < -0.4 is 10.6 Å². The largest absolute Gasteiger partial charge is 0.370 e. The molecule has 0 aliphatic heterocycles. The van der Waals surface area contributed by atoms with Gasteiger partial charge < -0.3 is 10.6 Å². The van der Waals surface area contributed by atoms with Crippen molar-refractivity contribution in [1.82, 2.24) is 0 Å². The number of benzene rings is 1. The van der Waals surface area contributed by atoms with Gasteiger partial charge in [-0.05, 0) is 49.9 Å². The van der Waals surface area contributed by atoms with E-state index in [-0.39, 0.29) is 5.82 Å². The fourth-order valence-electron chi connectivity index (χ4n) is 2.24. The average Bonchev–Trinajstić information content (AvgIpc) is 2.28. The first-order chi connectivity index (χ1) is 8.45. The fourth-order valence-corrected chi connectivity index (χ4v) is 2.24. The lowest BCUT2D eigenvalue weighted by Gasteiger charge is -2.28. The van der Waals surface area contributed by atoms with Gasteiger partial charge in [-0.25, -0.2) is 4.39 Å². The third kappa shape index (κ3) is 3.98. The zero-order chi connectivity index (χ0) is 13.7. The SMILES string of the molecule is CC(C)CC(C)N(C)c1ccc(CCN)cc1F. The third-order valence-corrected chi connectivity index (χ3v) is 3.30. The molecular formula is C15H25FN2. The van der Waals surface area contributed by atoms with E-state index in [4.69, 9.17) is 5.73 Å². The van der Waals surface area contributed by atoms with Gasteiger partial charge in [0, 0.05) is 13.1 Å². The van der Waals surface area contributed by atoms with Gasteiger partial charge in [0.1, 0.15) is 5.82 Å². The van der Waals surface area contributed by atoms with Crippen molar-refractivity contribution in [3.8, 4) is 0 Å². The third-order valence-electron chi connectivity index (χ3n) is 3.30. The van der Waals surface area contributed by atoms with E-state index in [0.29, 0.717) is 24.2 Å². The molecule has 0 spiro atoms. The Morgan fingerprint density at radius 1 is 1.28 bits per heavy atom. The molecule has 1 unspecified atom stereocenters. The summed E-state index contributed by atoms with van der Waals surface area (Å²) in [6.07, 6.45) is 1.78. The van der Waals surface area contributed by atoms with Gasteiger partial charge in [0.15, 0.2) is 0 Å². The summed E-state index contributed by atoms with van der Waals surface area (Å²) in [4.78, 5) is 2.02. The van der Waals surface area contributed by atoms with E-state index < -0.39 is 0 Å². The monoisotopic (exact) mass is 252 g/mol. The number of halogens is 1. The molecular weight excluding hydrogens is 227 g/mol. The van der Waals surface area contributed by atoms with Crippen LogP contribution in [0.25, 0.3) is 0 Å². The van der Waals surface area contributed by atoms with E-state index in [1.165, 1.54) is 0 Å². The second-order valence-corrected chi connectivity index (χ2v) is 5.41. The molecule has 0 fully saturated rings. The van der Waals surface area contributed by atoms with E-state index in [9.17, 15) is 4.39 Å². The highest BCUT2D eigenvalue weighted by molar-refractivity contribution is 5.49. The quantitative estimate of drug-likeness (QED) is 0.842. The summed E-state index contributed by atoms with van der Waals surface area (Å²) in [5, 5.41) is 0. The van der Waals surface area contributed by atoms with Gasteiger partial charge in [-0.15, -0.1) is 0 Å². The number of hydrogen-bond acceptors (Lipinski definition) is 2. The molecule has 1 rings (SSSR count). The lowest BCUT2D eigenvalue weighted by molar-refractivity contribution is 0.498. The first-order valence-electron chi connectivity index (χ1n) is 6.67. The Labute approximate surface area is 110 Å². The van der Waals surface area contributed by atoms with Crippen molar-refractivity contribution in [2.75, 3.05) is 18.5 Å². The Morgan fingerprint density at radius 3 is 2.44 bits per heavy atom. The maximum atomic E-state index is 14.0. The van der Waals surface area contributed by atoms with Crippen molar-refractivity contribution in [1.29, 1.82) is 0 Å². The van der Waals surface area contributed by atoms with Gasteiger partial charge in [0.05, 0.1) is 5.69 Å². The van der Waals surface area contributed by atoms with E-state index in [0.717, 1.165) is 18.4 Å². The molecule has 0 radical (unpaired) electrons. The summed E-state index contributed by atoms with van der Waals surface area (Å²) in [5.74, 6) is 0.459. The van der Waals surface area contributed by atoms with Crippen LogP contribution in [0.5, 0.6) is 0 Å². The molecule has 2 nitrogen and oxygen atoms in total. The van der Waals surface area contributed by atoms with Crippen molar-refractivity contribution in [3.63, 3.8) is 0 Å². The normalized spacial score (nSPS) is 12.8. The topological polar surface area (TPSA) is 29.3 Å². The Bertz CT molecular complexity index is 377. The predicted molar refractivity (Wildman–Crippen MR) is 76.5 cm³/mol. The Balaban J connectivity index is 2.82. The number of hydrogen-bond donors (Lipinski definition) is 1. The number of nitrogens with zero attached hydrogens (tertiary/aromatic N) is 1. The van der Waals surface area contributed by atoms with Gasteiger partial charge in [0.2, 0.25) is 0 Å². The van der Waals surface area contributed by atoms with E-state index in [1.54, 1.807) is 6.07 Å². The first-order valence-corrected chi connectivity index (χ1v) is 6.67. The summed E-state index contributed by atoms with van der Waals surface area (Å²) >= 11 is 0. The number of nitrogens with two attached hydrogens (primary N) is 1. The second kappa shape index (κ2) is 6.74. The molecule has 102 valence electrons. The molecule has 0 saturated carbocycles. The van der Waals surface area contributed by atoms with Crippen molar-refractivity contribution < 1.29 is 4.39 Å². The molecule has 0 amide bonds. The first kappa shape index (κ1) is 15.0. The van der Waals surface area contributed by atoms with Crippen LogP contribution in [-0.2, 0) is 6.42 Å². The van der Waals surface area contributed by atoms with Gasteiger partial charge in [-0.2, -0.15) is 0 Å². The van der Waals surface area contributed by atoms with Crippen molar-refractivity contribution >= 4 is 5.69 Å². The molecule has 0 heterocycles. The van der Waals surface area contributed by atoms with Gasteiger partial charge in [0.25, 0.3) is 0 Å². The summed E-state index contributed by atoms with van der Waals surface area (Å²) in [6.45, 7) is 7.06. The van der Waals surface area contributed by atoms with Crippen LogP contribution in [0.4, 0.5) is 10.1 Å². The highest BCUT2D eigenvalue weighted by Crippen LogP contribution is 2.23. The highest BCUT2D eigenvalue weighted by atomic mass is 19.1. The molecule has 2 N–H and O–H groups in total. The van der Waals surface area contributed by atoms with E-state index in [2.05, 4.69) is 20.8 Å². The molecule has 0 bridgehead atoms. The zero-order valence-corrected chi connectivity index (χ0v) is 11.9. The maximum Gasteiger partial charge on any atom is 0.146 e. The van der Waals surface area contributed by atoms with Crippen LogP contribution >= 0.6 is 0 Å². The average molecular weight is 252 g/mol. The molecule has 0 aliphatic carbocycles. The molecule has 1 aromatic rings. The molecule has 0 aromatic heterocycles. The van der Waals surface area contributed by atoms with Gasteiger partial charge in [-0.1, -0.05) is 19.9 Å². The molecule has 0 saturated heterocycles. The van der Waals surface area contributed by atoms with Crippen molar-refractivity contribution in [2.45, 2.75) is 39.7 Å². The molecule has 1 aromatic carbocycles. The minimum Gasteiger partial charge on any atom is -0.370 e. The van der Waals surface area contributed by atoms with Gasteiger partial charge >= 0.3 is 0 Å². The Hall–Kier alpha value is -1.09. The number of anilines is 1. The Kier molecular flexibility index (Phi) is 5.60. The fraction of sp³-hybridized carbons (Fsp3) is 0.600. The standard InChI is InChI=1S/C15H25FN2/c1-11(2)9-12(3)18(4)15-6-5-13(7-8-17)10-14(15)16/h5-6,10-12H,7-9,17H2,1-4H3. The second-order valence-electron chi connectivity index (χ2n) is 5.41. The van der Waals surface area contributed by atoms with Crippen LogP contribution in [-0.4, -0.2) is 19.6 Å². The number of rotatable bonds is 6. The lowest BCUT2D eigenvalue weighted by atomic mass is 10.0. The summed E-state index contributed by atoms with van der Waals surface area (Å²) in [6, 6.07) is 5.75. The van der Waals surface area contributed by atoms with Crippen LogP contribution in [0.3, 0.4) is 0 Å². The summed E-state index contributed by atoms with van der Waals surface area (Å²) in [7, 11) is 1.95. The molecule has 1 atom stereocenters. The maximum absolute atomic E-state index is 14.0. The minimum atomic E-state index is -0.154. The lowest BCUT2D eigenvalue weighted by Crippen LogP contribution is -2.30. The highest BCUT2D eigenvalue weighted by Gasteiger charge is 2.15. The Morgan fingerprint density at radius 2 is 1.94 bits per heavy atom. The smallest absolute Gasteiger partial charge is 0.146 e. The molecule has 18 heavy (non-hydrogen) atoms. The van der Waals surface area contributed by atoms with Crippen LogP contribution in [0, 0.1) is 11.7 Å². The summed E-state index contributed by atoms with van der Waals surface area (Å²) in [5.41, 5.74) is 7.11. The van der Waals surface area contributed by atoms with Crippen LogP contribution in [0.2, 0.25) is 0 Å². The molecule has 3 heteroatoms. The van der Waals surface area contributed by atoms with Crippen LogP contribution in [0.15, 0.2) is 18.2 Å². The zero-order valence-electron chi connectivity index (χ0n) is 11.9. The van der Waals surface area contributed by atoms with Crippen molar-refractivity contribution in [3.05, 3.63) is 29.6 Å². The predicted octanol–water partition coefficient (Wildman–Crippen LogP) is 3.20. The summed E-state index contributed by atoms with van der Waals surface area (Å²) < 4.78 is 14.0. The van der Waals surface area contributed by atoms with Crippen LogP contribution in [0.1, 0.15) is 32.8 Å². The van der Waals surface area contributed by atoms with Gasteiger partial charge in [-0.3, -0.25) is 0 Å².